The Bertz CT molecular complexity index is 610. The number of piperidine rings is 1. The second-order valence-electron chi connectivity index (χ2n) is 6.71. The number of nitrogens with zero attached hydrogens (tertiary/aromatic N) is 4. The summed E-state index contributed by atoms with van der Waals surface area (Å²) in [5.41, 5.74) is 8.30. The minimum absolute atomic E-state index is 0.0432. The van der Waals surface area contributed by atoms with Crippen LogP contribution in [-0.2, 0) is 5.41 Å². The van der Waals surface area contributed by atoms with Gasteiger partial charge in [-0.3, -0.25) is 0 Å². The first-order valence-corrected chi connectivity index (χ1v) is 7.30. The van der Waals surface area contributed by atoms with Gasteiger partial charge in [-0.25, -0.2) is 9.50 Å². The van der Waals surface area contributed by atoms with Crippen LogP contribution in [0.5, 0.6) is 0 Å². The second-order valence-corrected chi connectivity index (χ2v) is 6.71. The van der Waals surface area contributed by atoms with Crippen molar-refractivity contribution in [2.75, 3.05) is 18.0 Å². The summed E-state index contributed by atoms with van der Waals surface area (Å²) < 4.78 is 1.93. The smallest absolute Gasteiger partial charge is 0.154 e. The van der Waals surface area contributed by atoms with Crippen LogP contribution in [0.4, 0.5) is 5.82 Å². The lowest BCUT2D eigenvalue weighted by Gasteiger charge is -2.31. The van der Waals surface area contributed by atoms with Crippen molar-refractivity contribution in [1.82, 2.24) is 14.6 Å². The first kappa shape index (κ1) is 13.4. The number of nitrogens with two attached hydrogens (primary N) is 1. The summed E-state index contributed by atoms with van der Waals surface area (Å²) in [7, 11) is 0. The molecular formula is C15H23N5. The van der Waals surface area contributed by atoms with Crippen molar-refractivity contribution in [2.45, 2.75) is 45.1 Å². The van der Waals surface area contributed by atoms with E-state index in [1.54, 1.807) is 0 Å². The molecule has 0 radical (unpaired) electrons. The fourth-order valence-corrected chi connectivity index (χ4v) is 2.72. The van der Waals surface area contributed by atoms with Crippen LogP contribution in [0.25, 0.3) is 5.52 Å². The Kier molecular flexibility index (Phi) is 3.17. The normalized spacial score (nSPS) is 20.6. The molecule has 1 saturated heterocycles. The van der Waals surface area contributed by atoms with E-state index >= 15 is 0 Å². The van der Waals surface area contributed by atoms with Crippen LogP contribution in [-0.4, -0.2) is 33.7 Å². The van der Waals surface area contributed by atoms with Crippen molar-refractivity contribution in [1.29, 1.82) is 0 Å². The first-order chi connectivity index (χ1) is 9.45. The van der Waals surface area contributed by atoms with Gasteiger partial charge in [0.05, 0.1) is 5.69 Å². The van der Waals surface area contributed by atoms with E-state index in [0.29, 0.717) is 0 Å². The Morgan fingerprint density at radius 1 is 1.35 bits per heavy atom. The summed E-state index contributed by atoms with van der Waals surface area (Å²) in [6, 6.07) is 2.40. The van der Waals surface area contributed by atoms with Crippen LogP contribution in [0.1, 0.15) is 39.3 Å². The number of anilines is 1. The lowest BCUT2D eigenvalue weighted by Crippen LogP contribution is -2.43. The van der Waals surface area contributed by atoms with E-state index in [1.807, 2.05) is 16.9 Å². The van der Waals surface area contributed by atoms with Gasteiger partial charge in [0.2, 0.25) is 0 Å². The van der Waals surface area contributed by atoms with Gasteiger partial charge in [-0.1, -0.05) is 20.8 Å². The molecule has 0 aromatic carbocycles. The molecule has 1 aliphatic rings. The number of aromatic nitrogens is 3. The monoisotopic (exact) mass is 273 g/mol. The number of hydrogen-bond acceptors (Lipinski definition) is 4. The Morgan fingerprint density at radius 2 is 2.15 bits per heavy atom. The average molecular weight is 273 g/mol. The van der Waals surface area contributed by atoms with Gasteiger partial charge in [0.15, 0.2) is 5.82 Å². The van der Waals surface area contributed by atoms with Crippen molar-refractivity contribution in [2.24, 2.45) is 5.73 Å². The van der Waals surface area contributed by atoms with Crippen LogP contribution < -0.4 is 10.6 Å². The summed E-state index contributed by atoms with van der Waals surface area (Å²) in [6.45, 7) is 8.44. The summed E-state index contributed by atoms with van der Waals surface area (Å²) in [5, 5.41) is 4.68. The summed E-state index contributed by atoms with van der Waals surface area (Å²) >= 11 is 0. The molecule has 2 N–H and O–H groups in total. The molecule has 0 spiro atoms. The highest BCUT2D eigenvalue weighted by Crippen LogP contribution is 2.27. The Labute approximate surface area is 119 Å². The molecule has 2 aromatic rings. The molecule has 1 unspecified atom stereocenters. The SMILES string of the molecule is CC(C)(C)c1cc2c(N3CCCC(N)C3)nccn2n1. The van der Waals surface area contributed by atoms with Crippen molar-refractivity contribution < 1.29 is 0 Å². The van der Waals surface area contributed by atoms with Gasteiger partial charge in [-0.2, -0.15) is 5.10 Å². The van der Waals surface area contributed by atoms with E-state index in [1.165, 1.54) is 0 Å². The predicted octanol–water partition coefficient (Wildman–Crippen LogP) is 1.95. The molecule has 5 nitrogen and oxygen atoms in total. The van der Waals surface area contributed by atoms with Crippen LogP contribution in [0.3, 0.4) is 0 Å². The molecule has 0 amide bonds. The van der Waals surface area contributed by atoms with Gasteiger partial charge in [0.25, 0.3) is 0 Å². The Morgan fingerprint density at radius 3 is 2.85 bits per heavy atom. The quantitative estimate of drug-likeness (QED) is 0.863. The zero-order valence-corrected chi connectivity index (χ0v) is 12.5. The van der Waals surface area contributed by atoms with E-state index in [9.17, 15) is 0 Å². The third kappa shape index (κ3) is 2.38. The fraction of sp³-hybridized carbons (Fsp3) is 0.600. The van der Waals surface area contributed by atoms with Gasteiger partial charge in [-0.15, -0.1) is 0 Å². The van der Waals surface area contributed by atoms with Crippen molar-refractivity contribution in [3.8, 4) is 0 Å². The molecule has 0 saturated carbocycles. The van der Waals surface area contributed by atoms with E-state index in [2.05, 4.69) is 41.8 Å². The fourth-order valence-electron chi connectivity index (χ4n) is 2.72. The third-order valence-electron chi connectivity index (χ3n) is 3.90. The van der Waals surface area contributed by atoms with Crippen molar-refractivity contribution >= 4 is 11.3 Å². The molecule has 1 atom stereocenters. The van der Waals surface area contributed by atoms with Crippen LogP contribution >= 0.6 is 0 Å². The summed E-state index contributed by atoms with van der Waals surface area (Å²) in [5.74, 6) is 1.01. The highest BCUT2D eigenvalue weighted by molar-refractivity contribution is 5.69. The molecule has 3 heterocycles. The Balaban J connectivity index is 2.04. The lowest BCUT2D eigenvalue weighted by molar-refractivity contribution is 0.503. The largest absolute Gasteiger partial charge is 0.353 e. The molecule has 1 fully saturated rings. The standard InChI is InChI=1S/C15H23N5/c1-15(2,3)13-9-12-14(17-6-8-20(12)18-13)19-7-4-5-11(16)10-19/h6,8-9,11H,4-5,7,10,16H2,1-3H3. The molecular weight excluding hydrogens is 250 g/mol. The molecule has 1 aliphatic heterocycles. The Hall–Kier alpha value is -1.62. The van der Waals surface area contributed by atoms with Gasteiger partial charge < -0.3 is 10.6 Å². The first-order valence-electron chi connectivity index (χ1n) is 7.30. The van der Waals surface area contributed by atoms with Crippen LogP contribution in [0.2, 0.25) is 0 Å². The van der Waals surface area contributed by atoms with Gasteiger partial charge in [0, 0.05) is 36.9 Å². The minimum Gasteiger partial charge on any atom is -0.353 e. The highest BCUT2D eigenvalue weighted by atomic mass is 15.3. The molecule has 20 heavy (non-hydrogen) atoms. The zero-order chi connectivity index (χ0) is 14.3. The highest BCUT2D eigenvalue weighted by Gasteiger charge is 2.23. The second kappa shape index (κ2) is 4.74. The van der Waals surface area contributed by atoms with Crippen LogP contribution in [0.15, 0.2) is 18.5 Å². The molecule has 5 heteroatoms. The molecule has 0 bridgehead atoms. The number of rotatable bonds is 1. The number of fused-ring (bicyclic) bond motifs is 1. The van der Waals surface area contributed by atoms with E-state index < -0.39 is 0 Å². The van der Waals surface area contributed by atoms with Crippen LogP contribution in [0, 0.1) is 0 Å². The minimum atomic E-state index is 0.0432. The molecule has 2 aromatic heterocycles. The third-order valence-corrected chi connectivity index (χ3v) is 3.90. The topological polar surface area (TPSA) is 59.5 Å². The maximum absolute atomic E-state index is 6.09. The molecule has 108 valence electrons. The predicted molar refractivity (Wildman–Crippen MR) is 81.1 cm³/mol. The van der Waals surface area contributed by atoms with E-state index in [0.717, 1.165) is 43.0 Å². The molecule has 3 rings (SSSR count). The van der Waals surface area contributed by atoms with E-state index in [-0.39, 0.29) is 11.5 Å². The summed E-state index contributed by atoms with van der Waals surface area (Å²) in [6.07, 6.45) is 5.97. The lowest BCUT2D eigenvalue weighted by atomic mass is 9.92. The summed E-state index contributed by atoms with van der Waals surface area (Å²) in [4.78, 5) is 6.86. The van der Waals surface area contributed by atoms with Crippen molar-refractivity contribution in [3.05, 3.63) is 24.2 Å². The number of hydrogen-bond donors (Lipinski definition) is 1. The van der Waals surface area contributed by atoms with Gasteiger partial charge in [0.1, 0.15) is 5.52 Å². The average Bonchev–Trinajstić information content (AvgIpc) is 2.82. The maximum Gasteiger partial charge on any atom is 0.154 e. The van der Waals surface area contributed by atoms with Gasteiger partial charge >= 0.3 is 0 Å². The zero-order valence-electron chi connectivity index (χ0n) is 12.5. The molecule has 0 aliphatic carbocycles. The maximum atomic E-state index is 6.09. The van der Waals surface area contributed by atoms with E-state index in [4.69, 9.17) is 5.73 Å². The van der Waals surface area contributed by atoms with Gasteiger partial charge in [-0.05, 0) is 18.9 Å². The van der Waals surface area contributed by atoms with Crippen molar-refractivity contribution in [3.63, 3.8) is 0 Å².